The molecule has 3 heterocycles. The third kappa shape index (κ3) is 1.94. The first kappa shape index (κ1) is 12.7. The van der Waals surface area contributed by atoms with E-state index in [2.05, 4.69) is 10.1 Å². The first-order chi connectivity index (χ1) is 9.58. The summed E-state index contributed by atoms with van der Waals surface area (Å²) in [6, 6.07) is 3.62. The van der Waals surface area contributed by atoms with Crippen LogP contribution in [0.5, 0.6) is 0 Å². The number of rotatable bonds is 3. The van der Waals surface area contributed by atoms with E-state index in [0.29, 0.717) is 23.3 Å². The van der Waals surface area contributed by atoms with Crippen molar-refractivity contribution in [3.8, 4) is 0 Å². The van der Waals surface area contributed by atoms with Crippen molar-refractivity contribution in [1.29, 1.82) is 0 Å². The normalized spacial score (nSPS) is 11.1. The van der Waals surface area contributed by atoms with E-state index in [1.807, 2.05) is 6.07 Å². The summed E-state index contributed by atoms with van der Waals surface area (Å²) in [7, 11) is 0. The average molecular weight is 292 g/mol. The molecule has 0 aliphatic heterocycles. The number of fused-ring (bicyclic) bond motifs is 1. The lowest BCUT2D eigenvalue weighted by atomic mass is 10.2. The number of hydrogen-bond donors (Lipinski definition) is 1. The van der Waals surface area contributed by atoms with Crippen LogP contribution in [0.25, 0.3) is 11.0 Å². The molecule has 6 nitrogen and oxygen atoms in total. The summed E-state index contributed by atoms with van der Waals surface area (Å²) in [5.41, 5.74) is 1.14. The maximum atomic E-state index is 11.1. The Kier molecular flexibility index (Phi) is 2.94. The molecule has 3 aromatic rings. The topological polar surface area (TPSA) is 81.2 Å². The van der Waals surface area contributed by atoms with Crippen LogP contribution < -0.4 is 0 Å². The highest BCUT2D eigenvalue weighted by Gasteiger charge is 2.19. The molecule has 0 radical (unpaired) electrons. The average Bonchev–Trinajstić information content (AvgIpc) is 2.99. The van der Waals surface area contributed by atoms with Crippen LogP contribution in [0.4, 0.5) is 0 Å². The Morgan fingerprint density at radius 2 is 2.35 bits per heavy atom. The number of nitrogens with zero attached hydrogens (tertiary/aromatic N) is 3. The second-order valence-corrected chi connectivity index (χ2v) is 4.69. The Hall–Kier alpha value is -2.34. The van der Waals surface area contributed by atoms with E-state index in [4.69, 9.17) is 21.1 Å². The SMILES string of the molecule is Cc1nn(Cc2ccco2)c2ncc(C(=O)O)c(Cl)c12. The summed E-state index contributed by atoms with van der Waals surface area (Å²) in [5.74, 6) is -0.378. The number of carboxylic acid groups (broad SMARTS) is 1. The molecule has 0 unspecified atom stereocenters. The molecule has 0 amide bonds. The largest absolute Gasteiger partial charge is 0.478 e. The lowest BCUT2D eigenvalue weighted by Crippen LogP contribution is -2.03. The number of carbonyl (C=O) groups is 1. The Morgan fingerprint density at radius 1 is 1.55 bits per heavy atom. The summed E-state index contributed by atoms with van der Waals surface area (Å²) in [6.07, 6.45) is 2.82. The molecule has 102 valence electrons. The molecule has 3 aromatic heterocycles. The minimum Gasteiger partial charge on any atom is -0.478 e. The standard InChI is InChI=1S/C13H10ClN3O3/c1-7-10-11(14)9(13(18)19)5-15-12(10)17(16-7)6-8-3-2-4-20-8/h2-5H,6H2,1H3,(H,18,19). The van der Waals surface area contributed by atoms with Crippen molar-refractivity contribution < 1.29 is 14.3 Å². The lowest BCUT2D eigenvalue weighted by Gasteiger charge is -2.02. The maximum Gasteiger partial charge on any atom is 0.338 e. The smallest absolute Gasteiger partial charge is 0.338 e. The summed E-state index contributed by atoms with van der Waals surface area (Å²) in [5, 5.41) is 14.1. The van der Waals surface area contributed by atoms with Crippen LogP contribution in [0.1, 0.15) is 21.8 Å². The molecule has 0 aliphatic carbocycles. The van der Waals surface area contributed by atoms with Gasteiger partial charge in [-0.15, -0.1) is 0 Å². The van der Waals surface area contributed by atoms with E-state index in [-0.39, 0.29) is 10.6 Å². The quantitative estimate of drug-likeness (QED) is 0.802. The van der Waals surface area contributed by atoms with Gasteiger partial charge in [0.25, 0.3) is 0 Å². The van der Waals surface area contributed by atoms with Gasteiger partial charge in [0.1, 0.15) is 12.3 Å². The van der Waals surface area contributed by atoms with Crippen molar-refractivity contribution in [3.63, 3.8) is 0 Å². The van der Waals surface area contributed by atoms with Gasteiger partial charge in [-0.3, -0.25) is 0 Å². The van der Waals surface area contributed by atoms with Crippen LogP contribution in [-0.2, 0) is 6.54 Å². The van der Waals surface area contributed by atoms with Crippen molar-refractivity contribution in [1.82, 2.24) is 14.8 Å². The van der Waals surface area contributed by atoms with Crippen molar-refractivity contribution in [2.24, 2.45) is 0 Å². The molecule has 20 heavy (non-hydrogen) atoms. The predicted molar refractivity (Wildman–Crippen MR) is 72.0 cm³/mol. The van der Waals surface area contributed by atoms with Gasteiger partial charge in [-0.2, -0.15) is 5.10 Å². The molecule has 1 N–H and O–H groups in total. The number of hydrogen-bond acceptors (Lipinski definition) is 4. The number of furan rings is 1. The van der Waals surface area contributed by atoms with E-state index in [9.17, 15) is 4.79 Å². The minimum atomic E-state index is -1.11. The maximum absolute atomic E-state index is 11.1. The van der Waals surface area contributed by atoms with E-state index in [0.717, 1.165) is 5.76 Å². The van der Waals surface area contributed by atoms with E-state index in [1.54, 1.807) is 23.9 Å². The Morgan fingerprint density at radius 3 is 3.00 bits per heavy atom. The van der Waals surface area contributed by atoms with Crippen molar-refractivity contribution in [2.45, 2.75) is 13.5 Å². The molecule has 0 spiro atoms. The number of aromatic nitrogens is 3. The molecule has 7 heteroatoms. The van der Waals surface area contributed by atoms with Crippen LogP contribution in [0, 0.1) is 6.92 Å². The summed E-state index contributed by atoms with van der Waals surface area (Å²) in [6.45, 7) is 2.17. The number of aryl methyl sites for hydroxylation is 1. The molecular weight excluding hydrogens is 282 g/mol. The minimum absolute atomic E-state index is 0.0279. The summed E-state index contributed by atoms with van der Waals surface area (Å²) >= 11 is 6.14. The predicted octanol–water partition coefficient (Wildman–Crippen LogP) is 2.73. The van der Waals surface area contributed by atoms with Gasteiger partial charge in [-0.25, -0.2) is 14.5 Å². The molecule has 0 saturated heterocycles. The van der Waals surface area contributed by atoms with Crippen LogP contribution >= 0.6 is 11.6 Å². The first-order valence-electron chi connectivity index (χ1n) is 5.85. The first-order valence-corrected chi connectivity index (χ1v) is 6.23. The highest BCUT2D eigenvalue weighted by Crippen LogP contribution is 2.28. The second-order valence-electron chi connectivity index (χ2n) is 4.31. The number of halogens is 1. The van der Waals surface area contributed by atoms with Crippen LogP contribution in [0.15, 0.2) is 29.0 Å². The summed E-state index contributed by atoms with van der Waals surface area (Å²) in [4.78, 5) is 15.2. The van der Waals surface area contributed by atoms with Crippen LogP contribution in [0.3, 0.4) is 0 Å². The third-order valence-electron chi connectivity index (χ3n) is 2.99. The van der Waals surface area contributed by atoms with Gasteiger partial charge in [0.05, 0.1) is 27.9 Å². The fraction of sp³-hybridized carbons (Fsp3) is 0.154. The molecule has 0 aliphatic rings. The van der Waals surface area contributed by atoms with Gasteiger partial charge >= 0.3 is 5.97 Å². The van der Waals surface area contributed by atoms with Gasteiger partial charge in [0, 0.05) is 6.20 Å². The number of aromatic carboxylic acids is 1. The van der Waals surface area contributed by atoms with Gasteiger partial charge in [0.2, 0.25) is 0 Å². The monoisotopic (exact) mass is 291 g/mol. The van der Waals surface area contributed by atoms with Gasteiger partial charge in [-0.1, -0.05) is 11.6 Å². The molecule has 3 rings (SSSR count). The van der Waals surface area contributed by atoms with E-state index in [1.165, 1.54) is 6.20 Å². The van der Waals surface area contributed by atoms with E-state index < -0.39 is 5.97 Å². The number of carboxylic acids is 1. The Bertz CT molecular complexity index is 793. The Labute approximate surface area is 118 Å². The van der Waals surface area contributed by atoms with E-state index >= 15 is 0 Å². The third-order valence-corrected chi connectivity index (χ3v) is 3.38. The molecule has 0 aromatic carbocycles. The zero-order valence-electron chi connectivity index (χ0n) is 10.5. The fourth-order valence-electron chi connectivity index (χ4n) is 2.08. The number of pyridine rings is 1. The van der Waals surface area contributed by atoms with Gasteiger partial charge in [-0.05, 0) is 19.1 Å². The van der Waals surface area contributed by atoms with Crippen molar-refractivity contribution >= 4 is 28.6 Å². The highest BCUT2D eigenvalue weighted by atomic mass is 35.5. The molecule has 0 saturated carbocycles. The van der Waals surface area contributed by atoms with Crippen LogP contribution in [0.2, 0.25) is 5.02 Å². The summed E-state index contributed by atoms with van der Waals surface area (Å²) < 4.78 is 6.91. The lowest BCUT2D eigenvalue weighted by molar-refractivity contribution is 0.0697. The molecule has 0 atom stereocenters. The van der Waals surface area contributed by atoms with Crippen molar-refractivity contribution in [2.75, 3.05) is 0 Å². The van der Waals surface area contributed by atoms with Crippen molar-refractivity contribution in [3.05, 3.63) is 46.6 Å². The molecular formula is C13H10ClN3O3. The van der Waals surface area contributed by atoms with Gasteiger partial charge < -0.3 is 9.52 Å². The highest BCUT2D eigenvalue weighted by molar-refractivity contribution is 6.38. The molecule has 0 fully saturated rings. The zero-order chi connectivity index (χ0) is 14.3. The fourth-order valence-corrected chi connectivity index (χ4v) is 2.43. The van der Waals surface area contributed by atoms with Crippen LogP contribution in [-0.4, -0.2) is 25.8 Å². The van der Waals surface area contributed by atoms with Gasteiger partial charge in [0.15, 0.2) is 5.65 Å². The second kappa shape index (κ2) is 4.64. The molecule has 0 bridgehead atoms. The zero-order valence-corrected chi connectivity index (χ0v) is 11.3. The Balaban J connectivity index is 2.17.